The molecule has 1 saturated heterocycles. The molecule has 0 bridgehead atoms. The van der Waals surface area contributed by atoms with Gasteiger partial charge in [0.05, 0.1) is 13.2 Å². The molecule has 2 aromatic rings. The second-order valence-electron chi connectivity index (χ2n) is 7.00. The summed E-state index contributed by atoms with van der Waals surface area (Å²) in [5.74, 6) is 0.772. The number of amides is 1. The van der Waals surface area contributed by atoms with Gasteiger partial charge in [0.25, 0.3) is 0 Å². The van der Waals surface area contributed by atoms with Gasteiger partial charge in [0.2, 0.25) is 0 Å². The van der Waals surface area contributed by atoms with Gasteiger partial charge >= 0.3 is 6.09 Å². The Morgan fingerprint density at radius 1 is 1.23 bits per heavy atom. The molecule has 30 heavy (non-hydrogen) atoms. The van der Waals surface area contributed by atoms with Crippen LogP contribution >= 0.6 is 24.0 Å². The zero-order valence-electron chi connectivity index (χ0n) is 17.6. The highest BCUT2D eigenvalue weighted by atomic mass is 127. The fourth-order valence-corrected chi connectivity index (χ4v) is 3.44. The Labute approximate surface area is 195 Å². The normalized spacial score (nSPS) is 14.7. The number of hydrogen-bond donors (Lipinski definition) is 2. The molecule has 9 heteroatoms. The van der Waals surface area contributed by atoms with Gasteiger partial charge in [-0.1, -0.05) is 24.3 Å². The number of rotatable bonds is 6. The molecule has 1 aromatic heterocycles. The fraction of sp³-hybridized carbons (Fsp3) is 0.476. The lowest BCUT2D eigenvalue weighted by Gasteiger charge is -2.32. The first-order valence-electron chi connectivity index (χ1n) is 10.1. The van der Waals surface area contributed by atoms with E-state index in [4.69, 9.17) is 4.74 Å². The molecule has 0 unspecified atom stereocenters. The van der Waals surface area contributed by atoms with E-state index in [1.807, 2.05) is 36.0 Å². The number of hydrogen-bond acceptors (Lipinski definition) is 4. The van der Waals surface area contributed by atoms with Crippen molar-refractivity contribution >= 4 is 36.0 Å². The standard InChI is InChI=1S/C21H30N6O2.HI/c1-3-29-21(28)26-13-9-19(10-14-26)25-20(22-2)23-15-17-7-4-5-8-18(17)16-27-12-6-11-24-27;/h4-8,11-12,19H,3,9-10,13-16H2,1-2H3,(H2,22,23,25);1H. The zero-order valence-corrected chi connectivity index (χ0v) is 19.9. The Morgan fingerprint density at radius 2 is 1.97 bits per heavy atom. The molecule has 1 aliphatic heterocycles. The molecular formula is C21H31IN6O2. The quantitative estimate of drug-likeness (QED) is 0.344. The smallest absolute Gasteiger partial charge is 0.409 e. The Morgan fingerprint density at radius 3 is 2.60 bits per heavy atom. The lowest BCUT2D eigenvalue weighted by atomic mass is 10.1. The van der Waals surface area contributed by atoms with Gasteiger partial charge in [0.1, 0.15) is 0 Å². The van der Waals surface area contributed by atoms with Crippen LogP contribution in [0.2, 0.25) is 0 Å². The molecule has 1 aliphatic rings. The molecule has 1 amide bonds. The molecular weight excluding hydrogens is 495 g/mol. The third kappa shape index (κ3) is 6.89. The van der Waals surface area contributed by atoms with E-state index in [1.165, 1.54) is 11.1 Å². The molecule has 8 nitrogen and oxygen atoms in total. The maximum absolute atomic E-state index is 11.8. The molecule has 0 spiro atoms. The SMILES string of the molecule is CCOC(=O)N1CCC(NC(=NC)NCc2ccccc2Cn2cccn2)CC1.I. The highest BCUT2D eigenvalue weighted by molar-refractivity contribution is 14.0. The minimum Gasteiger partial charge on any atom is -0.450 e. The molecule has 0 radical (unpaired) electrons. The van der Waals surface area contributed by atoms with Crippen LogP contribution in [0.25, 0.3) is 0 Å². The van der Waals surface area contributed by atoms with E-state index < -0.39 is 0 Å². The summed E-state index contributed by atoms with van der Waals surface area (Å²) >= 11 is 0. The largest absolute Gasteiger partial charge is 0.450 e. The number of nitrogens with one attached hydrogen (secondary N) is 2. The maximum atomic E-state index is 11.8. The third-order valence-electron chi connectivity index (χ3n) is 5.04. The summed E-state index contributed by atoms with van der Waals surface area (Å²) in [6.45, 7) is 5.05. The van der Waals surface area contributed by atoms with Gasteiger partial charge in [-0.25, -0.2) is 4.79 Å². The summed E-state index contributed by atoms with van der Waals surface area (Å²) in [5.41, 5.74) is 2.44. The molecule has 164 valence electrons. The third-order valence-corrected chi connectivity index (χ3v) is 5.04. The Bertz CT molecular complexity index is 804. The molecule has 3 rings (SSSR count). The predicted molar refractivity (Wildman–Crippen MR) is 128 cm³/mol. The van der Waals surface area contributed by atoms with E-state index in [1.54, 1.807) is 18.1 Å². The van der Waals surface area contributed by atoms with Crippen LogP contribution in [-0.4, -0.2) is 59.5 Å². The lowest BCUT2D eigenvalue weighted by molar-refractivity contribution is 0.0963. The van der Waals surface area contributed by atoms with Crippen molar-refractivity contribution in [1.29, 1.82) is 0 Å². The first kappa shape index (κ1) is 24.0. The monoisotopic (exact) mass is 526 g/mol. The number of benzene rings is 1. The van der Waals surface area contributed by atoms with E-state index >= 15 is 0 Å². The number of halogens is 1. The molecule has 2 N–H and O–H groups in total. The van der Waals surface area contributed by atoms with Gasteiger partial charge < -0.3 is 20.3 Å². The van der Waals surface area contributed by atoms with Crippen LogP contribution in [0.1, 0.15) is 30.9 Å². The summed E-state index contributed by atoms with van der Waals surface area (Å²) < 4.78 is 7.00. The molecule has 2 heterocycles. The highest BCUT2D eigenvalue weighted by Crippen LogP contribution is 2.12. The van der Waals surface area contributed by atoms with Crippen LogP contribution in [0.4, 0.5) is 4.79 Å². The molecule has 1 aromatic carbocycles. The first-order chi connectivity index (χ1) is 14.2. The average Bonchev–Trinajstić information content (AvgIpc) is 3.26. The number of likely N-dealkylation sites (tertiary alicyclic amines) is 1. The molecule has 1 fully saturated rings. The van der Waals surface area contributed by atoms with Crippen molar-refractivity contribution in [2.45, 2.75) is 38.9 Å². The number of piperidine rings is 1. The second-order valence-corrected chi connectivity index (χ2v) is 7.00. The van der Waals surface area contributed by atoms with Crippen molar-refractivity contribution in [2.24, 2.45) is 4.99 Å². The van der Waals surface area contributed by atoms with Gasteiger partial charge in [-0.05, 0) is 37.0 Å². The summed E-state index contributed by atoms with van der Waals surface area (Å²) in [4.78, 5) is 18.0. The van der Waals surface area contributed by atoms with Crippen LogP contribution in [0.3, 0.4) is 0 Å². The minimum atomic E-state index is -0.220. The highest BCUT2D eigenvalue weighted by Gasteiger charge is 2.24. The van der Waals surface area contributed by atoms with Crippen molar-refractivity contribution < 1.29 is 9.53 Å². The topological polar surface area (TPSA) is 83.8 Å². The van der Waals surface area contributed by atoms with E-state index in [0.717, 1.165) is 25.3 Å². The Balaban J connectivity index is 0.00000320. The number of ether oxygens (including phenoxy) is 1. The van der Waals surface area contributed by atoms with Crippen molar-refractivity contribution in [2.75, 3.05) is 26.7 Å². The van der Waals surface area contributed by atoms with Gasteiger partial charge in [-0.15, -0.1) is 24.0 Å². The van der Waals surface area contributed by atoms with Crippen LogP contribution in [0.15, 0.2) is 47.7 Å². The van der Waals surface area contributed by atoms with Gasteiger partial charge in [0.15, 0.2) is 5.96 Å². The average molecular weight is 526 g/mol. The number of carbonyl (C=O) groups excluding carboxylic acids is 1. The van der Waals surface area contributed by atoms with Gasteiger partial charge in [0, 0.05) is 45.1 Å². The van der Waals surface area contributed by atoms with Crippen LogP contribution < -0.4 is 10.6 Å². The van der Waals surface area contributed by atoms with Crippen molar-refractivity contribution in [1.82, 2.24) is 25.3 Å². The van der Waals surface area contributed by atoms with Crippen LogP contribution in [-0.2, 0) is 17.8 Å². The van der Waals surface area contributed by atoms with Crippen LogP contribution in [0, 0.1) is 0 Å². The summed E-state index contributed by atoms with van der Waals surface area (Å²) in [6, 6.07) is 10.6. The van der Waals surface area contributed by atoms with Gasteiger partial charge in [-0.2, -0.15) is 5.10 Å². The summed E-state index contributed by atoms with van der Waals surface area (Å²) in [7, 11) is 1.78. The second kappa shape index (κ2) is 12.4. The number of guanidine groups is 1. The van der Waals surface area contributed by atoms with Crippen molar-refractivity contribution in [3.63, 3.8) is 0 Å². The van der Waals surface area contributed by atoms with E-state index in [0.29, 0.717) is 26.2 Å². The summed E-state index contributed by atoms with van der Waals surface area (Å²) in [6.07, 6.45) is 5.28. The maximum Gasteiger partial charge on any atom is 0.409 e. The Kier molecular flexibility index (Phi) is 9.92. The van der Waals surface area contributed by atoms with Crippen molar-refractivity contribution in [3.8, 4) is 0 Å². The first-order valence-corrected chi connectivity index (χ1v) is 10.1. The number of nitrogens with zero attached hydrogens (tertiary/aromatic N) is 4. The number of carbonyl (C=O) groups is 1. The van der Waals surface area contributed by atoms with Crippen molar-refractivity contribution in [3.05, 3.63) is 53.9 Å². The molecule has 0 saturated carbocycles. The number of aromatic nitrogens is 2. The predicted octanol–water partition coefficient (Wildman–Crippen LogP) is 2.84. The zero-order chi connectivity index (χ0) is 20.5. The Hall–Kier alpha value is -2.30. The summed E-state index contributed by atoms with van der Waals surface area (Å²) in [5, 5.41) is 11.2. The van der Waals surface area contributed by atoms with E-state index in [-0.39, 0.29) is 36.1 Å². The van der Waals surface area contributed by atoms with Gasteiger partial charge in [-0.3, -0.25) is 9.67 Å². The minimum absolute atomic E-state index is 0. The lowest BCUT2D eigenvalue weighted by Crippen LogP contribution is -2.49. The van der Waals surface area contributed by atoms with E-state index in [9.17, 15) is 4.79 Å². The van der Waals surface area contributed by atoms with E-state index in [2.05, 4.69) is 32.9 Å². The van der Waals surface area contributed by atoms with Crippen LogP contribution in [0.5, 0.6) is 0 Å². The number of aliphatic imine (C=N–C) groups is 1. The fourth-order valence-electron chi connectivity index (χ4n) is 3.44. The molecule has 0 aliphatic carbocycles. The molecule has 0 atom stereocenters.